The van der Waals surface area contributed by atoms with Crippen LogP contribution >= 0.6 is 0 Å². The number of rotatable bonds is 5. The van der Waals surface area contributed by atoms with E-state index in [0.717, 1.165) is 6.54 Å². The van der Waals surface area contributed by atoms with Crippen LogP contribution in [0.1, 0.15) is 18.1 Å². The van der Waals surface area contributed by atoms with Gasteiger partial charge in [-0.1, -0.05) is 31.2 Å². The van der Waals surface area contributed by atoms with Crippen molar-refractivity contribution in [3.05, 3.63) is 35.4 Å². The van der Waals surface area contributed by atoms with Crippen molar-refractivity contribution in [1.82, 2.24) is 10.3 Å². The van der Waals surface area contributed by atoms with Gasteiger partial charge < -0.3 is 4.90 Å². The Hall–Kier alpha value is -1.39. The molecule has 0 bridgehead atoms. The Bertz CT molecular complexity index is 379. The Morgan fingerprint density at radius 3 is 2.71 bits per heavy atom. The van der Waals surface area contributed by atoms with Crippen molar-refractivity contribution in [2.45, 2.75) is 20.4 Å². The standard InChI is InChI=1S/C13H21N3O/c1-10-6-4-5-7-12(10)9-16(3)8-11(2)13(17)15-14/h4-7,11H,8-9,14H2,1-3H3,(H,15,17). The lowest BCUT2D eigenvalue weighted by Gasteiger charge is -2.21. The molecule has 4 nitrogen and oxygen atoms in total. The average molecular weight is 235 g/mol. The van der Waals surface area contributed by atoms with E-state index in [-0.39, 0.29) is 11.8 Å². The number of aryl methyl sites for hydroxylation is 1. The molecular weight excluding hydrogens is 214 g/mol. The third-order valence-corrected chi connectivity index (χ3v) is 2.88. The Balaban J connectivity index is 2.53. The van der Waals surface area contributed by atoms with Gasteiger partial charge in [0.05, 0.1) is 0 Å². The van der Waals surface area contributed by atoms with Gasteiger partial charge in [-0.2, -0.15) is 0 Å². The molecule has 0 spiro atoms. The first kappa shape index (κ1) is 13.7. The normalized spacial score (nSPS) is 12.5. The predicted octanol–water partition coefficient (Wildman–Crippen LogP) is 1.05. The van der Waals surface area contributed by atoms with Crippen LogP contribution in [0.3, 0.4) is 0 Å². The summed E-state index contributed by atoms with van der Waals surface area (Å²) in [7, 11) is 2.01. The van der Waals surface area contributed by atoms with Crippen LogP contribution in [0.2, 0.25) is 0 Å². The first-order valence-corrected chi connectivity index (χ1v) is 5.78. The van der Waals surface area contributed by atoms with Gasteiger partial charge in [-0.3, -0.25) is 10.2 Å². The fraction of sp³-hybridized carbons (Fsp3) is 0.462. The van der Waals surface area contributed by atoms with E-state index >= 15 is 0 Å². The third kappa shape index (κ3) is 4.17. The van der Waals surface area contributed by atoms with Crippen LogP contribution in [0.25, 0.3) is 0 Å². The SMILES string of the molecule is Cc1ccccc1CN(C)CC(C)C(=O)NN. The molecule has 1 aromatic carbocycles. The van der Waals surface area contributed by atoms with Crippen molar-refractivity contribution in [3.63, 3.8) is 0 Å². The number of nitrogens with zero attached hydrogens (tertiary/aromatic N) is 1. The van der Waals surface area contributed by atoms with E-state index in [0.29, 0.717) is 6.54 Å². The molecule has 0 aromatic heterocycles. The molecule has 1 aromatic rings. The summed E-state index contributed by atoms with van der Waals surface area (Å²) in [5, 5.41) is 0. The van der Waals surface area contributed by atoms with Gasteiger partial charge in [0.15, 0.2) is 0 Å². The van der Waals surface area contributed by atoms with Crippen LogP contribution in [0.15, 0.2) is 24.3 Å². The van der Waals surface area contributed by atoms with Gasteiger partial charge in [0, 0.05) is 19.0 Å². The fourth-order valence-electron chi connectivity index (χ4n) is 1.84. The predicted molar refractivity (Wildman–Crippen MR) is 69.0 cm³/mol. The zero-order valence-electron chi connectivity index (χ0n) is 10.7. The van der Waals surface area contributed by atoms with Crippen LogP contribution < -0.4 is 11.3 Å². The second kappa shape index (κ2) is 6.37. The largest absolute Gasteiger partial charge is 0.301 e. The number of hydrogen-bond acceptors (Lipinski definition) is 3. The molecule has 0 saturated heterocycles. The molecule has 1 atom stereocenters. The molecular formula is C13H21N3O. The average Bonchev–Trinajstić information content (AvgIpc) is 2.31. The second-order valence-electron chi connectivity index (χ2n) is 4.53. The van der Waals surface area contributed by atoms with E-state index < -0.39 is 0 Å². The highest BCUT2D eigenvalue weighted by atomic mass is 16.2. The maximum Gasteiger partial charge on any atom is 0.237 e. The van der Waals surface area contributed by atoms with Gasteiger partial charge in [-0.25, -0.2) is 5.84 Å². The van der Waals surface area contributed by atoms with Crippen molar-refractivity contribution in [2.75, 3.05) is 13.6 Å². The highest BCUT2D eigenvalue weighted by Gasteiger charge is 2.14. The summed E-state index contributed by atoms with van der Waals surface area (Å²) >= 11 is 0. The Labute approximate surface area is 103 Å². The van der Waals surface area contributed by atoms with Crippen molar-refractivity contribution in [1.29, 1.82) is 0 Å². The summed E-state index contributed by atoms with van der Waals surface area (Å²) in [6.45, 7) is 5.50. The molecule has 3 N–H and O–H groups in total. The number of amides is 1. The molecule has 0 saturated carbocycles. The molecule has 1 rings (SSSR count). The summed E-state index contributed by atoms with van der Waals surface area (Å²) in [4.78, 5) is 13.4. The molecule has 1 unspecified atom stereocenters. The van der Waals surface area contributed by atoms with E-state index in [1.807, 2.05) is 26.1 Å². The van der Waals surface area contributed by atoms with E-state index in [1.165, 1.54) is 11.1 Å². The zero-order valence-corrected chi connectivity index (χ0v) is 10.7. The Kier molecular flexibility index (Phi) is 5.12. The summed E-state index contributed by atoms with van der Waals surface area (Å²) in [6, 6.07) is 8.27. The topological polar surface area (TPSA) is 58.4 Å². The van der Waals surface area contributed by atoms with Crippen molar-refractivity contribution < 1.29 is 4.79 Å². The molecule has 0 fully saturated rings. The van der Waals surface area contributed by atoms with Crippen LogP contribution in [0.4, 0.5) is 0 Å². The van der Waals surface area contributed by atoms with E-state index in [4.69, 9.17) is 5.84 Å². The summed E-state index contributed by atoms with van der Waals surface area (Å²) in [6.07, 6.45) is 0. The molecule has 94 valence electrons. The van der Waals surface area contributed by atoms with E-state index in [9.17, 15) is 4.79 Å². The molecule has 1 amide bonds. The quantitative estimate of drug-likeness (QED) is 0.456. The molecule has 4 heteroatoms. The maximum absolute atomic E-state index is 11.3. The maximum atomic E-state index is 11.3. The number of nitrogens with one attached hydrogen (secondary N) is 1. The Morgan fingerprint density at radius 2 is 2.12 bits per heavy atom. The van der Waals surface area contributed by atoms with Gasteiger partial charge in [-0.15, -0.1) is 0 Å². The summed E-state index contributed by atoms with van der Waals surface area (Å²) in [5.41, 5.74) is 4.74. The third-order valence-electron chi connectivity index (χ3n) is 2.88. The molecule has 0 heterocycles. The second-order valence-corrected chi connectivity index (χ2v) is 4.53. The first-order chi connectivity index (χ1) is 8.04. The molecule has 17 heavy (non-hydrogen) atoms. The van der Waals surface area contributed by atoms with Gasteiger partial charge in [-0.05, 0) is 25.1 Å². The highest BCUT2D eigenvalue weighted by Crippen LogP contribution is 2.10. The van der Waals surface area contributed by atoms with E-state index in [1.54, 1.807) is 0 Å². The van der Waals surface area contributed by atoms with Gasteiger partial charge >= 0.3 is 0 Å². The number of carbonyl (C=O) groups is 1. The molecule has 0 radical (unpaired) electrons. The first-order valence-electron chi connectivity index (χ1n) is 5.78. The summed E-state index contributed by atoms with van der Waals surface area (Å²) in [5.74, 6) is 4.88. The fourth-order valence-corrected chi connectivity index (χ4v) is 1.84. The van der Waals surface area contributed by atoms with Crippen LogP contribution in [-0.4, -0.2) is 24.4 Å². The lowest BCUT2D eigenvalue weighted by molar-refractivity contribution is -0.125. The highest BCUT2D eigenvalue weighted by molar-refractivity contribution is 5.77. The van der Waals surface area contributed by atoms with Crippen LogP contribution in [0, 0.1) is 12.8 Å². The molecule has 0 aliphatic rings. The lowest BCUT2D eigenvalue weighted by Crippen LogP contribution is -2.39. The van der Waals surface area contributed by atoms with Gasteiger partial charge in [0.2, 0.25) is 5.91 Å². The molecule has 0 aliphatic heterocycles. The van der Waals surface area contributed by atoms with E-state index in [2.05, 4.69) is 29.4 Å². The van der Waals surface area contributed by atoms with Gasteiger partial charge in [0.1, 0.15) is 0 Å². The minimum atomic E-state index is -0.123. The van der Waals surface area contributed by atoms with Gasteiger partial charge in [0.25, 0.3) is 0 Å². The van der Waals surface area contributed by atoms with Crippen molar-refractivity contribution in [3.8, 4) is 0 Å². The number of hydrazine groups is 1. The van der Waals surface area contributed by atoms with Crippen molar-refractivity contribution in [2.24, 2.45) is 11.8 Å². The Morgan fingerprint density at radius 1 is 1.47 bits per heavy atom. The number of hydrogen-bond donors (Lipinski definition) is 2. The minimum absolute atomic E-state index is 0.103. The lowest BCUT2D eigenvalue weighted by atomic mass is 10.1. The van der Waals surface area contributed by atoms with Crippen molar-refractivity contribution >= 4 is 5.91 Å². The number of carbonyl (C=O) groups excluding carboxylic acids is 1. The van der Waals surface area contributed by atoms with Crippen LogP contribution in [-0.2, 0) is 11.3 Å². The smallest absolute Gasteiger partial charge is 0.237 e. The minimum Gasteiger partial charge on any atom is -0.301 e. The monoisotopic (exact) mass is 235 g/mol. The van der Waals surface area contributed by atoms with Crippen LogP contribution in [0.5, 0.6) is 0 Å². The molecule has 0 aliphatic carbocycles. The zero-order chi connectivity index (χ0) is 12.8. The summed E-state index contributed by atoms with van der Waals surface area (Å²) < 4.78 is 0. The number of benzene rings is 1. The number of nitrogens with two attached hydrogens (primary N) is 1.